The van der Waals surface area contributed by atoms with Crippen molar-refractivity contribution < 1.29 is 0 Å². The van der Waals surface area contributed by atoms with E-state index in [1.54, 1.807) is 0 Å². The maximum atomic E-state index is 3.63. The van der Waals surface area contributed by atoms with Gasteiger partial charge in [-0.25, -0.2) is 0 Å². The standard InChI is InChI=1S/C11H22N2S/c1-11(5-3-7-14-11)9-12-8-10-4-2-6-13-10/h10,12-13H,2-9H2,1H3. The third kappa shape index (κ3) is 2.88. The summed E-state index contributed by atoms with van der Waals surface area (Å²) in [5, 5.41) is 7.15. The molecule has 2 aliphatic heterocycles. The average molecular weight is 214 g/mol. The van der Waals surface area contributed by atoms with Gasteiger partial charge in [0.25, 0.3) is 0 Å². The Balaban J connectivity index is 1.61. The number of rotatable bonds is 4. The molecule has 0 aromatic carbocycles. The monoisotopic (exact) mass is 214 g/mol. The van der Waals surface area contributed by atoms with Gasteiger partial charge in [0.05, 0.1) is 0 Å². The smallest absolute Gasteiger partial charge is 0.0256 e. The van der Waals surface area contributed by atoms with Crippen molar-refractivity contribution in [3.8, 4) is 0 Å². The quantitative estimate of drug-likeness (QED) is 0.743. The molecule has 2 rings (SSSR count). The van der Waals surface area contributed by atoms with Crippen LogP contribution in [0.3, 0.4) is 0 Å². The zero-order chi connectivity index (χ0) is 9.86. The maximum absolute atomic E-state index is 3.63. The van der Waals surface area contributed by atoms with Crippen LogP contribution in [-0.2, 0) is 0 Å². The highest BCUT2D eigenvalue weighted by Crippen LogP contribution is 2.36. The zero-order valence-corrected chi connectivity index (χ0v) is 9.96. The Bertz CT molecular complexity index is 172. The Hall–Kier alpha value is 0.270. The predicted octanol–water partition coefficient (Wildman–Crippen LogP) is 1.61. The summed E-state index contributed by atoms with van der Waals surface area (Å²) in [5.74, 6) is 1.36. The first-order valence-corrected chi connectivity index (χ1v) is 6.85. The Kier molecular flexibility index (Phi) is 3.74. The molecule has 2 N–H and O–H groups in total. The van der Waals surface area contributed by atoms with Crippen LogP contribution in [0.1, 0.15) is 32.6 Å². The first kappa shape index (κ1) is 10.8. The van der Waals surface area contributed by atoms with Crippen molar-refractivity contribution in [2.45, 2.75) is 43.4 Å². The molecule has 2 heterocycles. The normalized spacial score (nSPS) is 37.9. The minimum Gasteiger partial charge on any atom is -0.314 e. The van der Waals surface area contributed by atoms with E-state index in [1.165, 1.54) is 44.5 Å². The van der Waals surface area contributed by atoms with Gasteiger partial charge < -0.3 is 10.6 Å². The van der Waals surface area contributed by atoms with E-state index in [1.807, 2.05) is 0 Å². The molecule has 0 amide bonds. The van der Waals surface area contributed by atoms with Gasteiger partial charge in [0.1, 0.15) is 0 Å². The molecule has 2 unspecified atom stereocenters. The Morgan fingerprint density at radius 1 is 1.50 bits per heavy atom. The van der Waals surface area contributed by atoms with Crippen LogP contribution >= 0.6 is 11.8 Å². The molecule has 2 nitrogen and oxygen atoms in total. The molecule has 2 fully saturated rings. The van der Waals surface area contributed by atoms with Crippen LogP contribution in [0.5, 0.6) is 0 Å². The van der Waals surface area contributed by atoms with Gasteiger partial charge in [-0.1, -0.05) is 0 Å². The number of thioether (sulfide) groups is 1. The molecule has 0 aliphatic carbocycles. The third-order valence-corrected chi connectivity index (χ3v) is 4.89. The fraction of sp³-hybridized carbons (Fsp3) is 1.00. The summed E-state index contributed by atoms with van der Waals surface area (Å²) in [6, 6.07) is 0.741. The molecule has 3 heteroatoms. The van der Waals surface area contributed by atoms with E-state index >= 15 is 0 Å². The highest BCUT2D eigenvalue weighted by Gasteiger charge is 2.29. The second-order valence-electron chi connectivity index (χ2n) is 4.83. The van der Waals surface area contributed by atoms with Crippen molar-refractivity contribution >= 4 is 11.8 Å². The molecular formula is C11H22N2S. The Morgan fingerprint density at radius 3 is 3.07 bits per heavy atom. The summed E-state index contributed by atoms with van der Waals surface area (Å²) in [7, 11) is 0. The second-order valence-corrected chi connectivity index (χ2v) is 6.51. The van der Waals surface area contributed by atoms with E-state index in [2.05, 4.69) is 29.3 Å². The lowest BCUT2D eigenvalue weighted by molar-refractivity contribution is 0.488. The van der Waals surface area contributed by atoms with E-state index < -0.39 is 0 Å². The van der Waals surface area contributed by atoms with Crippen LogP contribution in [0.4, 0.5) is 0 Å². The lowest BCUT2D eigenvalue weighted by Crippen LogP contribution is -2.40. The van der Waals surface area contributed by atoms with Crippen molar-refractivity contribution in [1.29, 1.82) is 0 Å². The molecule has 14 heavy (non-hydrogen) atoms. The molecule has 0 spiro atoms. The molecule has 0 saturated carbocycles. The van der Waals surface area contributed by atoms with Crippen LogP contribution in [0.15, 0.2) is 0 Å². The van der Waals surface area contributed by atoms with Gasteiger partial charge in [0, 0.05) is 23.9 Å². The SMILES string of the molecule is CC1(CNCC2CCCN2)CCCS1. The summed E-state index contributed by atoms with van der Waals surface area (Å²) in [4.78, 5) is 0. The minimum atomic E-state index is 0.526. The highest BCUT2D eigenvalue weighted by molar-refractivity contribution is 8.00. The summed E-state index contributed by atoms with van der Waals surface area (Å²) in [5.41, 5.74) is 0. The molecule has 2 aliphatic rings. The van der Waals surface area contributed by atoms with Gasteiger partial charge >= 0.3 is 0 Å². The fourth-order valence-electron chi connectivity index (χ4n) is 2.42. The first-order chi connectivity index (χ1) is 6.79. The van der Waals surface area contributed by atoms with Crippen LogP contribution in [0.2, 0.25) is 0 Å². The second kappa shape index (κ2) is 4.86. The molecule has 0 aromatic rings. The summed E-state index contributed by atoms with van der Waals surface area (Å²) in [6.45, 7) is 5.98. The maximum Gasteiger partial charge on any atom is 0.0256 e. The third-order valence-electron chi connectivity index (χ3n) is 3.35. The van der Waals surface area contributed by atoms with E-state index in [-0.39, 0.29) is 0 Å². The average Bonchev–Trinajstić information content (AvgIpc) is 2.77. The molecule has 82 valence electrons. The van der Waals surface area contributed by atoms with E-state index in [0.717, 1.165) is 12.6 Å². The number of nitrogens with one attached hydrogen (secondary N) is 2. The molecular weight excluding hydrogens is 192 g/mol. The van der Waals surface area contributed by atoms with Crippen LogP contribution in [-0.4, -0.2) is 36.2 Å². The largest absolute Gasteiger partial charge is 0.314 e. The summed E-state index contributed by atoms with van der Waals surface area (Å²) >= 11 is 2.14. The zero-order valence-electron chi connectivity index (χ0n) is 9.14. The predicted molar refractivity (Wildman–Crippen MR) is 64.0 cm³/mol. The van der Waals surface area contributed by atoms with Gasteiger partial charge in [0.2, 0.25) is 0 Å². The Morgan fingerprint density at radius 2 is 2.43 bits per heavy atom. The van der Waals surface area contributed by atoms with Gasteiger partial charge in [-0.05, 0) is 44.9 Å². The number of hydrogen-bond donors (Lipinski definition) is 2. The van der Waals surface area contributed by atoms with E-state index in [9.17, 15) is 0 Å². The summed E-state index contributed by atoms with van der Waals surface area (Å²) < 4.78 is 0.526. The van der Waals surface area contributed by atoms with Crippen LogP contribution in [0.25, 0.3) is 0 Å². The topological polar surface area (TPSA) is 24.1 Å². The lowest BCUT2D eigenvalue weighted by atomic mass is 10.1. The van der Waals surface area contributed by atoms with Gasteiger partial charge in [-0.15, -0.1) is 0 Å². The van der Waals surface area contributed by atoms with Crippen LogP contribution < -0.4 is 10.6 Å². The van der Waals surface area contributed by atoms with Crippen LogP contribution in [0, 0.1) is 0 Å². The van der Waals surface area contributed by atoms with Crippen molar-refractivity contribution in [1.82, 2.24) is 10.6 Å². The van der Waals surface area contributed by atoms with E-state index in [0.29, 0.717) is 4.75 Å². The molecule has 2 atom stereocenters. The van der Waals surface area contributed by atoms with Crippen molar-refractivity contribution in [2.75, 3.05) is 25.4 Å². The van der Waals surface area contributed by atoms with E-state index in [4.69, 9.17) is 0 Å². The van der Waals surface area contributed by atoms with Gasteiger partial charge in [0.15, 0.2) is 0 Å². The molecule has 0 aromatic heterocycles. The Labute approximate surface area is 91.6 Å². The van der Waals surface area contributed by atoms with Crippen molar-refractivity contribution in [3.05, 3.63) is 0 Å². The number of hydrogen-bond acceptors (Lipinski definition) is 3. The fourth-order valence-corrected chi connectivity index (χ4v) is 3.69. The lowest BCUT2D eigenvalue weighted by Gasteiger charge is -2.24. The molecule has 0 bridgehead atoms. The van der Waals surface area contributed by atoms with Crippen molar-refractivity contribution in [3.63, 3.8) is 0 Å². The molecule has 2 saturated heterocycles. The molecule has 0 radical (unpaired) electrons. The highest BCUT2D eigenvalue weighted by atomic mass is 32.2. The summed E-state index contributed by atoms with van der Waals surface area (Å²) in [6.07, 6.45) is 5.52. The van der Waals surface area contributed by atoms with Crippen molar-refractivity contribution in [2.24, 2.45) is 0 Å². The first-order valence-electron chi connectivity index (χ1n) is 5.87. The van der Waals surface area contributed by atoms with Gasteiger partial charge in [-0.2, -0.15) is 11.8 Å². The van der Waals surface area contributed by atoms with Gasteiger partial charge in [-0.3, -0.25) is 0 Å². The minimum absolute atomic E-state index is 0.526.